The van der Waals surface area contributed by atoms with Gasteiger partial charge in [-0.15, -0.1) is 0 Å². The van der Waals surface area contributed by atoms with Crippen molar-refractivity contribution in [2.24, 2.45) is 0 Å². The summed E-state index contributed by atoms with van der Waals surface area (Å²) in [5.74, 6) is -0.442. The molecule has 0 spiro atoms. The maximum absolute atomic E-state index is 12.1. The third kappa shape index (κ3) is 4.31. The average molecular weight is 296 g/mol. The zero-order valence-corrected chi connectivity index (χ0v) is 12.2. The van der Waals surface area contributed by atoms with E-state index in [1.54, 1.807) is 55.5 Å². The first kappa shape index (κ1) is 15.5. The Kier molecular flexibility index (Phi) is 5.09. The first-order valence-corrected chi connectivity index (χ1v) is 6.75. The lowest BCUT2D eigenvalue weighted by atomic mass is 10.1. The van der Waals surface area contributed by atoms with Gasteiger partial charge in [0.1, 0.15) is 12.4 Å². The van der Waals surface area contributed by atoms with Gasteiger partial charge in [0.2, 0.25) is 0 Å². The van der Waals surface area contributed by atoms with Gasteiger partial charge in [0.05, 0.1) is 5.56 Å². The fourth-order valence-corrected chi connectivity index (χ4v) is 1.71. The first-order valence-electron chi connectivity index (χ1n) is 6.75. The van der Waals surface area contributed by atoms with E-state index in [0.717, 1.165) is 0 Å². The lowest BCUT2D eigenvalue weighted by Gasteiger charge is -2.07. The van der Waals surface area contributed by atoms with Gasteiger partial charge in [0.15, 0.2) is 0 Å². The summed E-state index contributed by atoms with van der Waals surface area (Å²) in [6.45, 7) is 5.17. The zero-order chi connectivity index (χ0) is 15.9. The van der Waals surface area contributed by atoms with Crippen LogP contribution in [0.15, 0.2) is 66.7 Å². The molecule has 22 heavy (non-hydrogen) atoms. The van der Waals surface area contributed by atoms with E-state index in [0.29, 0.717) is 22.4 Å². The molecule has 0 aliphatic rings. The molecule has 0 heterocycles. The maximum Gasteiger partial charge on any atom is 0.343 e. The van der Waals surface area contributed by atoms with Gasteiger partial charge in [-0.05, 0) is 36.8 Å². The van der Waals surface area contributed by atoms with Crippen LogP contribution in [0.3, 0.4) is 0 Å². The molecule has 112 valence electrons. The second-order valence-corrected chi connectivity index (χ2v) is 4.76. The van der Waals surface area contributed by atoms with E-state index in [9.17, 15) is 9.59 Å². The van der Waals surface area contributed by atoms with Gasteiger partial charge in [-0.25, -0.2) is 9.59 Å². The lowest BCUT2D eigenvalue weighted by molar-refractivity contribution is -0.140. The van der Waals surface area contributed by atoms with Crippen molar-refractivity contribution in [2.45, 2.75) is 13.5 Å². The summed E-state index contributed by atoms with van der Waals surface area (Å²) in [6.07, 6.45) is 0. The van der Waals surface area contributed by atoms with Gasteiger partial charge >= 0.3 is 11.9 Å². The number of rotatable bonds is 5. The predicted molar refractivity (Wildman–Crippen MR) is 82.5 cm³/mol. The standard InChI is InChI=1S/C18H16O4/c1-13(2)17(19)21-12-14-7-6-8-15(11-14)18(20)22-16-9-4-3-5-10-16/h3-11H,1,12H2,2H3. The number of hydrogen-bond acceptors (Lipinski definition) is 4. The van der Waals surface area contributed by atoms with Crippen molar-refractivity contribution in [3.05, 3.63) is 77.9 Å². The van der Waals surface area contributed by atoms with Crippen LogP contribution in [-0.4, -0.2) is 11.9 Å². The largest absolute Gasteiger partial charge is 0.457 e. The number of para-hydroxylation sites is 1. The summed E-state index contributed by atoms with van der Waals surface area (Å²) in [7, 11) is 0. The monoisotopic (exact) mass is 296 g/mol. The number of esters is 2. The maximum atomic E-state index is 12.1. The normalized spacial score (nSPS) is 9.86. The molecule has 2 aromatic carbocycles. The minimum Gasteiger partial charge on any atom is -0.457 e. The van der Waals surface area contributed by atoms with Crippen molar-refractivity contribution >= 4 is 11.9 Å². The van der Waals surface area contributed by atoms with E-state index < -0.39 is 11.9 Å². The Bertz CT molecular complexity index is 689. The van der Waals surface area contributed by atoms with E-state index in [2.05, 4.69) is 6.58 Å². The summed E-state index contributed by atoms with van der Waals surface area (Å²) < 4.78 is 10.3. The number of benzene rings is 2. The Hall–Kier alpha value is -2.88. The summed E-state index contributed by atoms with van der Waals surface area (Å²) in [5.41, 5.74) is 1.43. The van der Waals surface area contributed by atoms with Crippen LogP contribution in [-0.2, 0) is 16.1 Å². The zero-order valence-electron chi connectivity index (χ0n) is 12.2. The SMILES string of the molecule is C=C(C)C(=O)OCc1cccc(C(=O)Oc2ccccc2)c1. The molecule has 0 radical (unpaired) electrons. The molecule has 0 N–H and O–H groups in total. The Morgan fingerprint density at radius 3 is 2.45 bits per heavy atom. The van der Waals surface area contributed by atoms with Crippen molar-refractivity contribution in [1.29, 1.82) is 0 Å². The van der Waals surface area contributed by atoms with Crippen molar-refractivity contribution in [3.63, 3.8) is 0 Å². The highest BCUT2D eigenvalue weighted by Crippen LogP contribution is 2.13. The Balaban J connectivity index is 2.03. The van der Waals surface area contributed by atoms with Gasteiger partial charge in [0.25, 0.3) is 0 Å². The van der Waals surface area contributed by atoms with Crippen LogP contribution in [0.4, 0.5) is 0 Å². The molecule has 0 saturated carbocycles. The molecule has 4 nitrogen and oxygen atoms in total. The Morgan fingerprint density at radius 1 is 1.05 bits per heavy atom. The molecule has 0 bridgehead atoms. The quantitative estimate of drug-likeness (QED) is 0.481. The molecule has 4 heteroatoms. The molecule has 0 fully saturated rings. The van der Waals surface area contributed by atoms with Crippen LogP contribution in [0.2, 0.25) is 0 Å². The number of carbonyl (C=O) groups excluding carboxylic acids is 2. The van der Waals surface area contributed by atoms with Crippen LogP contribution in [0.5, 0.6) is 5.75 Å². The van der Waals surface area contributed by atoms with Crippen LogP contribution in [0.1, 0.15) is 22.8 Å². The Labute approximate surface area is 129 Å². The Morgan fingerprint density at radius 2 is 1.77 bits per heavy atom. The minimum atomic E-state index is -0.461. The van der Waals surface area contributed by atoms with Crippen molar-refractivity contribution in [2.75, 3.05) is 0 Å². The highest BCUT2D eigenvalue weighted by molar-refractivity contribution is 5.91. The lowest BCUT2D eigenvalue weighted by Crippen LogP contribution is -2.09. The molecule has 0 amide bonds. The number of ether oxygens (including phenoxy) is 2. The van der Waals surface area contributed by atoms with Gasteiger partial charge in [0, 0.05) is 5.57 Å². The second-order valence-electron chi connectivity index (χ2n) is 4.76. The molecule has 0 aliphatic heterocycles. The molecule has 0 unspecified atom stereocenters. The summed E-state index contributed by atoms with van der Waals surface area (Å²) in [4.78, 5) is 23.4. The highest BCUT2D eigenvalue weighted by Gasteiger charge is 2.10. The fraction of sp³-hybridized carbons (Fsp3) is 0.111. The molecule has 0 atom stereocenters. The van der Waals surface area contributed by atoms with Crippen LogP contribution in [0, 0.1) is 0 Å². The van der Waals surface area contributed by atoms with Gasteiger partial charge in [-0.1, -0.05) is 36.9 Å². The van der Waals surface area contributed by atoms with Crippen LogP contribution < -0.4 is 4.74 Å². The first-order chi connectivity index (χ1) is 10.6. The van der Waals surface area contributed by atoms with E-state index in [-0.39, 0.29) is 6.61 Å². The topological polar surface area (TPSA) is 52.6 Å². The van der Waals surface area contributed by atoms with E-state index in [4.69, 9.17) is 9.47 Å². The third-order valence-electron chi connectivity index (χ3n) is 2.83. The molecule has 2 aromatic rings. The van der Waals surface area contributed by atoms with Crippen molar-refractivity contribution in [1.82, 2.24) is 0 Å². The van der Waals surface area contributed by atoms with Crippen molar-refractivity contribution < 1.29 is 19.1 Å². The van der Waals surface area contributed by atoms with Gasteiger partial charge in [-0.2, -0.15) is 0 Å². The molecular formula is C18H16O4. The minimum absolute atomic E-state index is 0.0815. The predicted octanol–water partition coefficient (Wildman–Crippen LogP) is 3.53. The summed E-state index contributed by atoms with van der Waals surface area (Å²) >= 11 is 0. The number of hydrogen-bond donors (Lipinski definition) is 0. The van der Waals surface area contributed by atoms with Crippen molar-refractivity contribution in [3.8, 4) is 5.75 Å². The third-order valence-corrected chi connectivity index (χ3v) is 2.83. The van der Waals surface area contributed by atoms with E-state index in [1.165, 1.54) is 0 Å². The average Bonchev–Trinajstić information content (AvgIpc) is 2.53. The van der Waals surface area contributed by atoms with Crippen LogP contribution in [0.25, 0.3) is 0 Å². The van der Waals surface area contributed by atoms with E-state index >= 15 is 0 Å². The summed E-state index contributed by atoms with van der Waals surface area (Å²) in [5, 5.41) is 0. The van der Waals surface area contributed by atoms with Crippen LogP contribution >= 0.6 is 0 Å². The molecule has 0 aliphatic carbocycles. The molecule has 0 saturated heterocycles. The highest BCUT2D eigenvalue weighted by atomic mass is 16.5. The summed E-state index contributed by atoms with van der Waals surface area (Å²) in [6, 6.07) is 15.6. The van der Waals surface area contributed by atoms with E-state index in [1.807, 2.05) is 6.07 Å². The fourth-order valence-electron chi connectivity index (χ4n) is 1.71. The van der Waals surface area contributed by atoms with Gasteiger partial charge < -0.3 is 9.47 Å². The molecular weight excluding hydrogens is 280 g/mol. The second kappa shape index (κ2) is 7.22. The smallest absolute Gasteiger partial charge is 0.343 e. The van der Waals surface area contributed by atoms with Gasteiger partial charge in [-0.3, -0.25) is 0 Å². The molecule has 2 rings (SSSR count). The number of carbonyl (C=O) groups is 2. The molecule has 0 aromatic heterocycles.